The number of benzene rings is 1. The van der Waals surface area contributed by atoms with E-state index < -0.39 is 0 Å². The summed E-state index contributed by atoms with van der Waals surface area (Å²) in [6.45, 7) is 7.40. The Morgan fingerprint density at radius 1 is 1.32 bits per heavy atom. The summed E-state index contributed by atoms with van der Waals surface area (Å²) in [5.41, 5.74) is 2.39. The first kappa shape index (κ1) is 13.9. The Morgan fingerprint density at radius 2 is 2.00 bits per heavy atom. The van der Waals surface area contributed by atoms with Gasteiger partial charge >= 0.3 is 0 Å². The predicted molar refractivity (Wildman–Crippen MR) is 76.2 cm³/mol. The maximum absolute atomic E-state index is 11.5. The van der Waals surface area contributed by atoms with Gasteiger partial charge in [0.2, 0.25) is 5.91 Å². The highest BCUT2D eigenvalue weighted by atomic mass is 16.5. The number of ether oxygens (including phenoxy) is 1. The normalized spacial score (nSPS) is 16.5. The third-order valence-corrected chi connectivity index (χ3v) is 3.31. The molecule has 1 aromatic rings. The number of anilines is 1. The summed E-state index contributed by atoms with van der Waals surface area (Å²) in [5.74, 6) is 0.0716. The van der Waals surface area contributed by atoms with Crippen molar-refractivity contribution in [2.75, 3.05) is 31.6 Å². The summed E-state index contributed by atoms with van der Waals surface area (Å²) in [4.78, 5) is 11.5. The minimum atomic E-state index is 0.0716. The van der Waals surface area contributed by atoms with E-state index in [0.717, 1.165) is 31.0 Å². The molecule has 4 heteroatoms. The lowest BCUT2D eigenvalue weighted by Gasteiger charge is -2.38. The molecule has 4 nitrogen and oxygen atoms in total. The molecule has 1 saturated heterocycles. The molecular formula is C15H22N2O2. The molecule has 1 heterocycles. The first-order chi connectivity index (χ1) is 9.11. The van der Waals surface area contributed by atoms with Crippen molar-refractivity contribution in [1.29, 1.82) is 0 Å². The van der Waals surface area contributed by atoms with Crippen LogP contribution in [0.4, 0.5) is 5.69 Å². The average molecular weight is 262 g/mol. The van der Waals surface area contributed by atoms with Gasteiger partial charge in [-0.2, -0.15) is 0 Å². The van der Waals surface area contributed by atoms with Crippen molar-refractivity contribution < 1.29 is 9.53 Å². The van der Waals surface area contributed by atoms with E-state index in [2.05, 4.69) is 17.6 Å². The molecule has 0 unspecified atom stereocenters. The lowest BCUT2D eigenvalue weighted by molar-refractivity contribution is -0.120. The molecule has 2 N–H and O–H groups in total. The molecule has 0 aliphatic carbocycles. The fourth-order valence-corrected chi connectivity index (χ4v) is 2.05. The van der Waals surface area contributed by atoms with Gasteiger partial charge in [-0.25, -0.2) is 0 Å². The summed E-state index contributed by atoms with van der Waals surface area (Å²) >= 11 is 0. The highest BCUT2D eigenvalue weighted by Crippen LogP contribution is 2.26. The predicted octanol–water partition coefficient (Wildman–Crippen LogP) is 1.81. The number of likely N-dealkylation sites (N-methyl/N-ethyl adjacent to an activating group) is 1. The Labute approximate surface area is 114 Å². The standard InChI is InChI=1S/C15H22N2O2/c1-3-16-14(18)8-12-4-6-13(7-5-12)17-9-15(2)10-19-11-15/h4-7,17H,3,8-11H2,1-2H3,(H,16,18). The van der Waals surface area contributed by atoms with Gasteiger partial charge in [-0.1, -0.05) is 19.1 Å². The van der Waals surface area contributed by atoms with E-state index in [1.54, 1.807) is 0 Å². The van der Waals surface area contributed by atoms with Crippen molar-refractivity contribution in [2.24, 2.45) is 5.41 Å². The van der Waals surface area contributed by atoms with Crippen LogP contribution < -0.4 is 10.6 Å². The van der Waals surface area contributed by atoms with Gasteiger partial charge < -0.3 is 15.4 Å². The summed E-state index contributed by atoms with van der Waals surface area (Å²) in [6, 6.07) is 8.04. The summed E-state index contributed by atoms with van der Waals surface area (Å²) in [5, 5.41) is 6.21. The highest BCUT2D eigenvalue weighted by Gasteiger charge is 2.32. The number of hydrogen-bond donors (Lipinski definition) is 2. The van der Waals surface area contributed by atoms with E-state index in [9.17, 15) is 4.79 Å². The second kappa shape index (κ2) is 6.06. The van der Waals surface area contributed by atoms with Crippen LogP contribution >= 0.6 is 0 Å². The van der Waals surface area contributed by atoms with Gasteiger partial charge in [0.15, 0.2) is 0 Å². The smallest absolute Gasteiger partial charge is 0.224 e. The number of hydrogen-bond acceptors (Lipinski definition) is 3. The molecule has 0 atom stereocenters. The highest BCUT2D eigenvalue weighted by molar-refractivity contribution is 5.78. The fraction of sp³-hybridized carbons (Fsp3) is 0.533. The van der Waals surface area contributed by atoms with Crippen LogP contribution in [0.3, 0.4) is 0 Å². The van der Waals surface area contributed by atoms with Crippen molar-refractivity contribution in [2.45, 2.75) is 20.3 Å². The summed E-state index contributed by atoms with van der Waals surface area (Å²) in [7, 11) is 0. The minimum absolute atomic E-state index is 0.0716. The van der Waals surface area contributed by atoms with Crippen LogP contribution in [0.1, 0.15) is 19.4 Å². The number of amides is 1. The Hall–Kier alpha value is -1.55. The lowest BCUT2D eigenvalue weighted by Crippen LogP contribution is -2.45. The number of carbonyl (C=O) groups excluding carboxylic acids is 1. The van der Waals surface area contributed by atoms with Crippen LogP contribution in [-0.4, -0.2) is 32.2 Å². The van der Waals surface area contributed by atoms with Crippen LogP contribution in [-0.2, 0) is 16.0 Å². The monoisotopic (exact) mass is 262 g/mol. The van der Waals surface area contributed by atoms with Crippen molar-refractivity contribution >= 4 is 11.6 Å². The van der Waals surface area contributed by atoms with Gasteiger partial charge in [-0.15, -0.1) is 0 Å². The lowest BCUT2D eigenvalue weighted by atomic mass is 9.88. The zero-order chi connectivity index (χ0) is 13.7. The van der Waals surface area contributed by atoms with Gasteiger partial charge in [0.05, 0.1) is 19.6 Å². The van der Waals surface area contributed by atoms with E-state index in [1.807, 2.05) is 31.2 Å². The second-order valence-electron chi connectivity index (χ2n) is 5.48. The largest absolute Gasteiger partial charge is 0.384 e. The van der Waals surface area contributed by atoms with Gasteiger partial charge in [0, 0.05) is 24.2 Å². The summed E-state index contributed by atoms with van der Waals surface area (Å²) < 4.78 is 5.23. The van der Waals surface area contributed by atoms with Gasteiger partial charge in [-0.3, -0.25) is 4.79 Å². The number of nitrogens with one attached hydrogen (secondary N) is 2. The van der Waals surface area contributed by atoms with E-state index in [4.69, 9.17) is 4.74 Å². The molecule has 0 aromatic heterocycles. The number of rotatable bonds is 6. The minimum Gasteiger partial charge on any atom is -0.384 e. The van der Waals surface area contributed by atoms with E-state index in [0.29, 0.717) is 13.0 Å². The second-order valence-corrected chi connectivity index (χ2v) is 5.48. The number of carbonyl (C=O) groups is 1. The molecule has 1 fully saturated rings. The Bertz CT molecular complexity index is 424. The molecule has 0 radical (unpaired) electrons. The first-order valence-electron chi connectivity index (χ1n) is 6.78. The van der Waals surface area contributed by atoms with Gasteiger partial charge in [0.1, 0.15) is 0 Å². The molecule has 104 valence electrons. The molecule has 2 rings (SSSR count). The first-order valence-corrected chi connectivity index (χ1v) is 6.78. The molecule has 1 amide bonds. The van der Waals surface area contributed by atoms with E-state index in [-0.39, 0.29) is 11.3 Å². The van der Waals surface area contributed by atoms with Crippen LogP contribution in [0.2, 0.25) is 0 Å². The SMILES string of the molecule is CCNC(=O)Cc1ccc(NCC2(C)COC2)cc1. The molecule has 0 bridgehead atoms. The van der Waals surface area contributed by atoms with Crippen LogP contribution in [0.15, 0.2) is 24.3 Å². The van der Waals surface area contributed by atoms with Crippen molar-refractivity contribution in [1.82, 2.24) is 5.32 Å². The maximum atomic E-state index is 11.5. The van der Waals surface area contributed by atoms with Crippen molar-refractivity contribution in [3.05, 3.63) is 29.8 Å². The van der Waals surface area contributed by atoms with Crippen LogP contribution in [0, 0.1) is 5.41 Å². The molecule has 1 aliphatic rings. The zero-order valence-corrected chi connectivity index (χ0v) is 11.7. The maximum Gasteiger partial charge on any atom is 0.224 e. The van der Waals surface area contributed by atoms with Crippen LogP contribution in [0.25, 0.3) is 0 Å². The Balaban J connectivity index is 1.82. The van der Waals surface area contributed by atoms with Crippen molar-refractivity contribution in [3.63, 3.8) is 0 Å². The topological polar surface area (TPSA) is 50.4 Å². The molecular weight excluding hydrogens is 240 g/mol. The Morgan fingerprint density at radius 3 is 2.53 bits per heavy atom. The zero-order valence-electron chi connectivity index (χ0n) is 11.7. The fourth-order valence-electron chi connectivity index (χ4n) is 2.05. The van der Waals surface area contributed by atoms with Crippen molar-refractivity contribution in [3.8, 4) is 0 Å². The quantitative estimate of drug-likeness (QED) is 0.822. The summed E-state index contributed by atoms with van der Waals surface area (Å²) in [6.07, 6.45) is 0.444. The van der Waals surface area contributed by atoms with Gasteiger partial charge in [0.25, 0.3) is 0 Å². The molecule has 1 aliphatic heterocycles. The van der Waals surface area contributed by atoms with Crippen LogP contribution in [0.5, 0.6) is 0 Å². The van der Waals surface area contributed by atoms with Gasteiger partial charge in [-0.05, 0) is 24.6 Å². The Kier molecular flexibility index (Phi) is 4.43. The average Bonchev–Trinajstić information content (AvgIpc) is 2.36. The van der Waals surface area contributed by atoms with E-state index >= 15 is 0 Å². The molecule has 1 aromatic carbocycles. The van der Waals surface area contributed by atoms with E-state index in [1.165, 1.54) is 0 Å². The third kappa shape index (κ3) is 3.96. The third-order valence-electron chi connectivity index (χ3n) is 3.31. The molecule has 0 saturated carbocycles. The molecule has 0 spiro atoms. The molecule has 19 heavy (non-hydrogen) atoms.